The number of halogens is 1. The molecule has 3 heteroatoms. The lowest BCUT2D eigenvalue weighted by Crippen LogP contribution is -2.22. The van der Waals surface area contributed by atoms with E-state index in [1.165, 1.54) is 5.56 Å². The molecule has 13 heavy (non-hydrogen) atoms. The van der Waals surface area contributed by atoms with E-state index in [2.05, 4.69) is 40.3 Å². The Morgan fingerprint density at radius 1 is 1.38 bits per heavy atom. The number of rotatable bonds is 1. The molecule has 1 aromatic carbocycles. The Morgan fingerprint density at radius 3 is 2.62 bits per heavy atom. The van der Waals surface area contributed by atoms with E-state index >= 15 is 0 Å². The largest absolute Gasteiger partial charge is 0.357 e. The van der Waals surface area contributed by atoms with Crippen molar-refractivity contribution in [3.05, 3.63) is 34.3 Å². The molecule has 2 nitrogen and oxygen atoms in total. The van der Waals surface area contributed by atoms with Crippen LogP contribution in [0.1, 0.15) is 18.7 Å². The molecular formula is C10H12BrNO. The number of ether oxygens (including phenoxy) is 1. The summed E-state index contributed by atoms with van der Waals surface area (Å²) in [5, 5.41) is 3.35. The second kappa shape index (κ2) is 3.78. The molecule has 1 fully saturated rings. The second-order valence-corrected chi connectivity index (χ2v) is 4.25. The van der Waals surface area contributed by atoms with Crippen molar-refractivity contribution < 1.29 is 4.74 Å². The van der Waals surface area contributed by atoms with Crippen LogP contribution in [0.3, 0.4) is 0 Å². The maximum atomic E-state index is 5.56. The van der Waals surface area contributed by atoms with Gasteiger partial charge in [-0.25, -0.2) is 0 Å². The van der Waals surface area contributed by atoms with Gasteiger partial charge in [0.25, 0.3) is 0 Å². The minimum atomic E-state index is 0.0723. The summed E-state index contributed by atoms with van der Waals surface area (Å²) in [6, 6.07) is 8.65. The van der Waals surface area contributed by atoms with Crippen LogP contribution in [-0.4, -0.2) is 12.6 Å². The first-order valence-electron chi connectivity index (χ1n) is 4.39. The van der Waals surface area contributed by atoms with Crippen molar-refractivity contribution in [2.75, 3.05) is 6.61 Å². The van der Waals surface area contributed by atoms with Crippen LogP contribution in [0, 0.1) is 0 Å². The van der Waals surface area contributed by atoms with Gasteiger partial charge in [0.05, 0.1) is 6.61 Å². The van der Waals surface area contributed by atoms with Gasteiger partial charge in [-0.15, -0.1) is 0 Å². The SMILES string of the molecule is CC1COC(c2ccc(Br)cc2)N1. The summed E-state index contributed by atoms with van der Waals surface area (Å²) in [5.41, 5.74) is 1.19. The highest BCUT2D eigenvalue weighted by molar-refractivity contribution is 9.10. The topological polar surface area (TPSA) is 21.3 Å². The van der Waals surface area contributed by atoms with Crippen molar-refractivity contribution in [2.45, 2.75) is 19.2 Å². The van der Waals surface area contributed by atoms with Crippen LogP contribution < -0.4 is 5.32 Å². The summed E-state index contributed by atoms with van der Waals surface area (Å²) in [5.74, 6) is 0. The van der Waals surface area contributed by atoms with Crippen LogP contribution in [0.4, 0.5) is 0 Å². The molecule has 0 saturated carbocycles. The van der Waals surface area contributed by atoms with Gasteiger partial charge in [-0.05, 0) is 24.6 Å². The maximum absolute atomic E-state index is 5.56. The van der Waals surface area contributed by atoms with Crippen LogP contribution in [0.25, 0.3) is 0 Å². The van der Waals surface area contributed by atoms with Crippen molar-refractivity contribution >= 4 is 15.9 Å². The van der Waals surface area contributed by atoms with Crippen molar-refractivity contribution in [3.8, 4) is 0 Å². The molecule has 1 N–H and O–H groups in total. The molecule has 1 saturated heterocycles. The lowest BCUT2D eigenvalue weighted by molar-refractivity contribution is 0.101. The number of hydrogen-bond acceptors (Lipinski definition) is 2. The molecule has 2 rings (SSSR count). The fourth-order valence-corrected chi connectivity index (χ4v) is 1.69. The first kappa shape index (κ1) is 9.19. The third-order valence-electron chi connectivity index (χ3n) is 2.12. The van der Waals surface area contributed by atoms with Crippen molar-refractivity contribution in [2.24, 2.45) is 0 Å². The minimum absolute atomic E-state index is 0.0723. The van der Waals surface area contributed by atoms with Gasteiger partial charge >= 0.3 is 0 Å². The molecule has 1 aromatic rings. The predicted octanol–water partition coefficient (Wildman–Crippen LogP) is 2.46. The molecule has 0 radical (unpaired) electrons. The number of benzene rings is 1. The molecule has 1 heterocycles. The minimum Gasteiger partial charge on any atom is -0.357 e. The predicted molar refractivity (Wildman–Crippen MR) is 55.4 cm³/mol. The summed E-state index contributed by atoms with van der Waals surface area (Å²) in [7, 11) is 0. The fraction of sp³-hybridized carbons (Fsp3) is 0.400. The van der Waals surface area contributed by atoms with E-state index in [0.717, 1.165) is 11.1 Å². The van der Waals surface area contributed by atoms with Crippen molar-refractivity contribution in [1.82, 2.24) is 5.32 Å². The van der Waals surface area contributed by atoms with Gasteiger partial charge in [0.1, 0.15) is 6.23 Å². The molecule has 1 aliphatic heterocycles. The maximum Gasteiger partial charge on any atom is 0.134 e. The molecule has 0 spiro atoms. The molecule has 0 aliphatic carbocycles. The monoisotopic (exact) mass is 241 g/mol. The van der Waals surface area contributed by atoms with Crippen LogP contribution in [-0.2, 0) is 4.74 Å². The van der Waals surface area contributed by atoms with E-state index in [0.29, 0.717) is 6.04 Å². The van der Waals surface area contributed by atoms with Gasteiger partial charge in [0.15, 0.2) is 0 Å². The fourth-order valence-electron chi connectivity index (χ4n) is 1.43. The molecule has 2 unspecified atom stereocenters. The molecular weight excluding hydrogens is 230 g/mol. The van der Waals surface area contributed by atoms with E-state index in [1.807, 2.05) is 12.1 Å². The highest BCUT2D eigenvalue weighted by Gasteiger charge is 2.21. The average Bonchev–Trinajstić information content (AvgIpc) is 2.53. The van der Waals surface area contributed by atoms with E-state index in [4.69, 9.17) is 4.74 Å². The normalized spacial score (nSPS) is 27.8. The smallest absolute Gasteiger partial charge is 0.134 e. The highest BCUT2D eigenvalue weighted by Crippen LogP contribution is 2.21. The molecule has 0 aromatic heterocycles. The number of nitrogens with one attached hydrogen (secondary N) is 1. The molecule has 70 valence electrons. The zero-order valence-electron chi connectivity index (χ0n) is 7.46. The quantitative estimate of drug-likeness (QED) is 0.816. The van der Waals surface area contributed by atoms with E-state index in [1.54, 1.807) is 0 Å². The molecule has 2 atom stereocenters. The van der Waals surface area contributed by atoms with Gasteiger partial charge in [-0.3, -0.25) is 5.32 Å². The van der Waals surface area contributed by atoms with E-state index in [9.17, 15) is 0 Å². The van der Waals surface area contributed by atoms with Gasteiger partial charge in [0, 0.05) is 10.5 Å². The Hall–Kier alpha value is -0.380. The van der Waals surface area contributed by atoms with Crippen LogP contribution >= 0.6 is 15.9 Å². The zero-order chi connectivity index (χ0) is 9.26. The second-order valence-electron chi connectivity index (χ2n) is 3.33. The van der Waals surface area contributed by atoms with Crippen LogP contribution in [0.15, 0.2) is 28.7 Å². The molecule has 1 aliphatic rings. The third-order valence-corrected chi connectivity index (χ3v) is 2.65. The highest BCUT2D eigenvalue weighted by atomic mass is 79.9. The lowest BCUT2D eigenvalue weighted by Gasteiger charge is -2.10. The first-order chi connectivity index (χ1) is 6.25. The Labute approximate surface area is 86.4 Å². The Bertz CT molecular complexity index is 285. The van der Waals surface area contributed by atoms with Gasteiger partial charge in [-0.2, -0.15) is 0 Å². The van der Waals surface area contributed by atoms with Crippen LogP contribution in [0.2, 0.25) is 0 Å². The summed E-state index contributed by atoms with van der Waals surface area (Å²) in [6.07, 6.45) is 0.0723. The molecule has 0 amide bonds. The van der Waals surface area contributed by atoms with Crippen molar-refractivity contribution in [1.29, 1.82) is 0 Å². The van der Waals surface area contributed by atoms with Crippen LogP contribution in [0.5, 0.6) is 0 Å². The summed E-state index contributed by atoms with van der Waals surface area (Å²) in [4.78, 5) is 0. The molecule has 0 bridgehead atoms. The average molecular weight is 242 g/mol. The first-order valence-corrected chi connectivity index (χ1v) is 5.18. The van der Waals surface area contributed by atoms with Gasteiger partial charge in [0.2, 0.25) is 0 Å². The van der Waals surface area contributed by atoms with Crippen molar-refractivity contribution in [3.63, 3.8) is 0 Å². The zero-order valence-corrected chi connectivity index (χ0v) is 9.04. The van der Waals surface area contributed by atoms with Gasteiger partial charge < -0.3 is 4.74 Å². The summed E-state index contributed by atoms with van der Waals surface area (Å²) >= 11 is 3.40. The van der Waals surface area contributed by atoms with E-state index < -0.39 is 0 Å². The standard InChI is InChI=1S/C10H12BrNO/c1-7-6-13-10(12-7)8-2-4-9(11)5-3-8/h2-5,7,10,12H,6H2,1H3. The Balaban J connectivity index is 2.13. The Morgan fingerprint density at radius 2 is 2.08 bits per heavy atom. The lowest BCUT2D eigenvalue weighted by atomic mass is 10.2. The summed E-state index contributed by atoms with van der Waals surface area (Å²) < 4.78 is 6.66. The Kier molecular flexibility index (Phi) is 2.67. The number of hydrogen-bond donors (Lipinski definition) is 1. The van der Waals surface area contributed by atoms with E-state index in [-0.39, 0.29) is 6.23 Å². The summed E-state index contributed by atoms with van der Waals surface area (Å²) in [6.45, 7) is 2.92. The third kappa shape index (κ3) is 2.10. The van der Waals surface area contributed by atoms with Gasteiger partial charge in [-0.1, -0.05) is 28.1 Å².